The maximum atomic E-state index is 14.7. The summed E-state index contributed by atoms with van der Waals surface area (Å²) in [4.78, 5) is 9.94. The lowest BCUT2D eigenvalue weighted by atomic mass is 10.00. The van der Waals surface area contributed by atoms with Crippen LogP contribution in [0.3, 0.4) is 0 Å². The molecule has 10 heteroatoms. The lowest BCUT2D eigenvalue weighted by molar-refractivity contribution is -0.0734. The highest BCUT2D eigenvalue weighted by molar-refractivity contribution is 6.30. The van der Waals surface area contributed by atoms with E-state index in [1.807, 2.05) is 24.3 Å². The molecule has 2 N–H and O–H groups in total. The average molecular weight is 429 g/mol. The fourth-order valence-corrected chi connectivity index (χ4v) is 3.49. The Kier molecular flexibility index (Phi) is 6.32. The Morgan fingerprint density at radius 2 is 2.04 bits per heavy atom. The van der Waals surface area contributed by atoms with Crippen molar-refractivity contribution in [2.24, 2.45) is 0 Å². The second-order valence-corrected chi connectivity index (χ2v) is 7.19. The summed E-state index contributed by atoms with van der Waals surface area (Å²) in [6, 6.07) is 6.53. The number of nitrogens with one attached hydrogen (secondary N) is 2. The Balaban J connectivity index is 0.00000225. The number of halogens is 4. The summed E-state index contributed by atoms with van der Waals surface area (Å²) in [7, 11) is 0. The van der Waals surface area contributed by atoms with E-state index in [4.69, 9.17) is 11.6 Å². The number of anilines is 1. The highest BCUT2D eigenvalue weighted by atomic mass is 35.5. The van der Waals surface area contributed by atoms with E-state index in [0.717, 1.165) is 5.56 Å². The van der Waals surface area contributed by atoms with Crippen molar-refractivity contribution in [1.82, 2.24) is 25.1 Å². The third-order valence-corrected chi connectivity index (χ3v) is 5.12. The van der Waals surface area contributed by atoms with Crippen LogP contribution in [0.25, 0.3) is 11.0 Å². The number of hydrogen-bond donors (Lipinski definition) is 2. The first-order chi connectivity index (χ1) is 13.0. The Hall–Kier alpha value is -2.03. The predicted octanol–water partition coefficient (Wildman–Crippen LogP) is 3.79. The molecule has 1 aliphatic rings. The van der Waals surface area contributed by atoms with E-state index >= 15 is 0 Å². The summed E-state index contributed by atoms with van der Waals surface area (Å²) in [5.74, 6) is -2.48. The van der Waals surface area contributed by atoms with Gasteiger partial charge in [0.1, 0.15) is 12.1 Å². The maximum Gasteiger partial charge on any atom is 0.280 e. The van der Waals surface area contributed by atoms with Gasteiger partial charge in [-0.2, -0.15) is 5.10 Å². The molecule has 0 saturated carbocycles. The standard InChI is InChI=1S/C18H19ClF2N6.ClH/c19-13-3-1-12(2-4-13)5-7-27-8-6-15(18(20,21)10-27)25-16-14-9-24-26-17(14)23-11-22-16;/h1-4,9,11,15H,5-8,10H2,(H2,22,23,24,25,26);1H/t15-;/m1./s1. The molecule has 0 aliphatic carbocycles. The number of fused-ring (bicyclic) bond motifs is 1. The van der Waals surface area contributed by atoms with Gasteiger partial charge in [0.25, 0.3) is 5.92 Å². The normalized spacial score (nSPS) is 19.3. The molecule has 3 heterocycles. The smallest absolute Gasteiger partial charge is 0.280 e. The zero-order chi connectivity index (χ0) is 18.9. The molecule has 1 saturated heterocycles. The molecule has 1 fully saturated rings. The molecule has 1 aliphatic heterocycles. The summed E-state index contributed by atoms with van der Waals surface area (Å²) in [6.45, 7) is 0.905. The van der Waals surface area contributed by atoms with Gasteiger partial charge < -0.3 is 5.32 Å². The van der Waals surface area contributed by atoms with E-state index in [1.165, 1.54) is 12.5 Å². The average Bonchev–Trinajstić information content (AvgIpc) is 3.13. The number of benzene rings is 1. The van der Waals surface area contributed by atoms with Crippen molar-refractivity contribution in [2.45, 2.75) is 24.8 Å². The summed E-state index contributed by atoms with van der Waals surface area (Å²) >= 11 is 5.88. The first-order valence-electron chi connectivity index (χ1n) is 8.76. The molecule has 2 aromatic heterocycles. The van der Waals surface area contributed by atoms with Gasteiger partial charge in [0.05, 0.1) is 24.2 Å². The molecule has 3 aromatic rings. The Morgan fingerprint density at radius 3 is 2.79 bits per heavy atom. The van der Waals surface area contributed by atoms with Gasteiger partial charge in [-0.05, 0) is 30.5 Å². The van der Waals surface area contributed by atoms with Crippen molar-refractivity contribution in [3.8, 4) is 0 Å². The molecular formula is C18H20Cl2F2N6. The third kappa shape index (κ3) is 4.51. The Labute approximate surface area is 172 Å². The van der Waals surface area contributed by atoms with Crippen molar-refractivity contribution in [1.29, 1.82) is 0 Å². The van der Waals surface area contributed by atoms with E-state index in [9.17, 15) is 8.78 Å². The summed E-state index contributed by atoms with van der Waals surface area (Å²) in [6.07, 6.45) is 3.92. The molecule has 0 spiro atoms. The monoisotopic (exact) mass is 428 g/mol. The second-order valence-electron chi connectivity index (χ2n) is 6.75. The number of H-pyrrole nitrogens is 1. The minimum Gasteiger partial charge on any atom is -0.360 e. The van der Waals surface area contributed by atoms with Crippen molar-refractivity contribution in [3.05, 3.63) is 47.4 Å². The van der Waals surface area contributed by atoms with Crippen LogP contribution in [0, 0.1) is 0 Å². The molecule has 0 radical (unpaired) electrons. The number of nitrogens with zero attached hydrogens (tertiary/aromatic N) is 4. The van der Waals surface area contributed by atoms with Crippen molar-refractivity contribution in [2.75, 3.05) is 25.0 Å². The maximum absolute atomic E-state index is 14.7. The van der Waals surface area contributed by atoms with Gasteiger partial charge in [-0.1, -0.05) is 23.7 Å². The summed E-state index contributed by atoms with van der Waals surface area (Å²) < 4.78 is 29.4. The van der Waals surface area contributed by atoms with E-state index in [2.05, 4.69) is 25.5 Å². The van der Waals surface area contributed by atoms with Gasteiger partial charge in [0.2, 0.25) is 0 Å². The number of piperidine rings is 1. The summed E-state index contributed by atoms with van der Waals surface area (Å²) in [5, 5.41) is 10.8. The predicted molar refractivity (Wildman–Crippen MR) is 108 cm³/mol. The van der Waals surface area contributed by atoms with Gasteiger partial charge in [-0.3, -0.25) is 10.00 Å². The minimum atomic E-state index is -2.86. The molecule has 1 atom stereocenters. The first kappa shape index (κ1) is 20.7. The molecule has 1 aromatic carbocycles. The van der Waals surface area contributed by atoms with Gasteiger partial charge in [-0.25, -0.2) is 18.7 Å². The molecule has 0 amide bonds. The topological polar surface area (TPSA) is 69.7 Å². The zero-order valence-corrected chi connectivity index (χ0v) is 16.5. The highest BCUT2D eigenvalue weighted by Crippen LogP contribution is 2.31. The minimum absolute atomic E-state index is 0. The van der Waals surface area contributed by atoms with Crippen molar-refractivity contribution in [3.63, 3.8) is 0 Å². The van der Waals surface area contributed by atoms with Crippen molar-refractivity contribution >= 4 is 40.9 Å². The van der Waals surface area contributed by atoms with E-state index in [-0.39, 0.29) is 19.0 Å². The molecule has 150 valence electrons. The zero-order valence-electron chi connectivity index (χ0n) is 14.9. The number of aromatic nitrogens is 4. The molecule has 0 bridgehead atoms. The summed E-state index contributed by atoms with van der Waals surface area (Å²) in [5.41, 5.74) is 1.61. The lowest BCUT2D eigenvalue weighted by Crippen LogP contribution is -2.54. The van der Waals surface area contributed by atoms with Gasteiger partial charge in [0.15, 0.2) is 5.65 Å². The van der Waals surface area contributed by atoms with Crippen LogP contribution < -0.4 is 5.32 Å². The fraction of sp³-hybridized carbons (Fsp3) is 0.389. The highest BCUT2D eigenvalue weighted by Gasteiger charge is 2.44. The van der Waals surface area contributed by atoms with Crippen LogP contribution in [0.4, 0.5) is 14.6 Å². The van der Waals surface area contributed by atoms with E-state index in [0.29, 0.717) is 47.8 Å². The second kappa shape index (κ2) is 8.55. The number of alkyl halides is 2. The molecule has 6 nitrogen and oxygen atoms in total. The molecule has 4 rings (SSSR count). The number of aromatic amines is 1. The van der Waals surface area contributed by atoms with Gasteiger partial charge in [-0.15, -0.1) is 12.4 Å². The lowest BCUT2D eigenvalue weighted by Gasteiger charge is -2.38. The van der Waals surface area contributed by atoms with Crippen LogP contribution in [0.15, 0.2) is 36.8 Å². The van der Waals surface area contributed by atoms with Crippen LogP contribution in [0.5, 0.6) is 0 Å². The Bertz CT molecular complexity index is 918. The molecule has 0 unspecified atom stereocenters. The molecule has 28 heavy (non-hydrogen) atoms. The van der Waals surface area contributed by atoms with Gasteiger partial charge in [0, 0.05) is 18.1 Å². The van der Waals surface area contributed by atoms with E-state index in [1.54, 1.807) is 4.90 Å². The SMILES string of the molecule is Cl.FC1(F)CN(CCc2ccc(Cl)cc2)CC[C@H]1Nc1ncnc2[nH]ncc12. The third-order valence-electron chi connectivity index (χ3n) is 4.87. The van der Waals surface area contributed by atoms with Crippen LogP contribution in [-0.4, -0.2) is 56.7 Å². The number of likely N-dealkylation sites (tertiary alicyclic amines) is 1. The van der Waals surface area contributed by atoms with Crippen LogP contribution >= 0.6 is 24.0 Å². The molecular weight excluding hydrogens is 409 g/mol. The van der Waals surface area contributed by atoms with Crippen molar-refractivity contribution < 1.29 is 8.78 Å². The van der Waals surface area contributed by atoms with E-state index < -0.39 is 12.0 Å². The van der Waals surface area contributed by atoms with Crippen LogP contribution in [0.2, 0.25) is 5.02 Å². The van der Waals surface area contributed by atoms with Crippen LogP contribution in [0.1, 0.15) is 12.0 Å². The Morgan fingerprint density at radius 1 is 1.25 bits per heavy atom. The largest absolute Gasteiger partial charge is 0.360 e. The first-order valence-corrected chi connectivity index (χ1v) is 9.14. The number of hydrogen-bond acceptors (Lipinski definition) is 5. The quantitative estimate of drug-likeness (QED) is 0.646. The number of rotatable bonds is 5. The van der Waals surface area contributed by atoms with Gasteiger partial charge >= 0.3 is 0 Å². The van der Waals surface area contributed by atoms with Crippen LogP contribution in [-0.2, 0) is 6.42 Å². The fourth-order valence-electron chi connectivity index (χ4n) is 3.36.